The molecule has 0 fully saturated rings. The summed E-state index contributed by atoms with van der Waals surface area (Å²) in [5, 5.41) is 8.23. The molecule has 0 aliphatic carbocycles. The van der Waals surface area contributed by atoms with Crippen molar-refractivity contribution in [1.29, 1.82) is 0 Å². The first kappa shape index (κ1) is 18.7. The van der Waals surface area contributed by atoms with Crippen LogP contribution < -0.4 is 15.4 Å². The van der Waals surface area contributed by atoms with Crippen molar-refractivity contribution >= 4 is 56.0 Å². The van der Waals surface area contributed by atoms with Crippen molar-refractivity contribution in [2.45, 2.75) is 0 Å². The molecule has 1 amide bonds. The highest BCUT2D eigenvalue weighted by molar-refractivity contribution is 6.16. The molecule has 0 radical (unpaired) electrons. The van der Waals surface area contributed by atoms with Crippen molar-refractivity contribution in [3.8, 4) is 5.75 Å². The third-order valence-electron chi connectivity index (χ3n) is 5.23. The van der Waals surface area contributed by atoms with Gasteiger partial charge in [-0.05, 0) is 24.3 Å². The van der Waals surface area contributed by atoms with Crippen molar-refractivity contribution in [2.24, 2.45) is 0 Å². The minimum Gasteiger partial charge on any atom is -0.494 e. The van der Waals surface area contributed by atoms with Gasteiger partial charge in [0.25, 0.3) is 0 Å². The Labute approximate surface area is 178 Å². The molecule has 0 saturated carbocycles. The van der Waals surface area contributed by atoms with Gasteiger partial charge in [0.2, 0.25) is 0 Å². The average Bonchev–Trinajstić information content (AvgIpc) is 3.18. The highest BCUT2D eigenvalue weighted by atomic mass is 16.5. The van der Waals surface area contributed by atoms with E-state index in [4.69, 9.17) is 9.72 Å². The molecule has 2 aromatic heterocycles. The molecule has 0 aliphatic rings. The number of hydrogen-bond donors (Lipinski definition) is 3. The van der Waals surface area contributed by atoms with E-state index in [1.165, 1.54) is 7.11 Å². The van der Waals surface area contributed by atoms with Gasteiger partial charge in [0.1, 0.15) is 5.75 Å². The fraction of sp³-hybridized carbons (Fsp3) is 0.0833. The molecule has 5 aromatic rings. The Balaban J connectivity index is 1.68. The van der Waals surface area contributed by atoms with Gasteiger partial charge in [-0.15, -0.1) is 0 Å². The zero-order valence-electron chi connectivity index (χ0n) is 17.0. The van der Waals surface area contributed by atoms with Crippen LogP contribution in [0.5, 0.6) is 5.75 Å². The van der Waals surface area contributed by atoms with Gasteiger partial charge < -0.3 is 19.8 Å². The largest absolute Gasteiger partial charge is 0.494 e. The molecule has 2 heterocycles. The van der Waals surface area contributed by atoms with Gasteiger partial charge in [0, 0.05) is 28.0 Å². The van der Waals surface area contributed by atoms with Gasteiger partial charge >= 0.3 is 6.09 Å². The van der Waals surface area contributed by atoms with Crippen LogP contribution in [0, 0.1) is 0 Å². The number of anilines is 3. The zero-order chi connectivity index (χ0) is 21.4. The number of methoxy groups -OCH3 is 2. The zero-order valence-corrected chi connectivity index (χ0v) is 17.0. The molecule has 3 aromatic carbocycles. The number of rotatable bonds is 4. The highest BCUT2D eigenvalue weighted by Crippen LogP contribution is 2.38. The molecule has 0 aliphatic heterocycles. The normalized spacial score (nSPS) is 11.0. The maximum absolute atomic E-state index is 11.5. The van der Waals surface area contributed by atoms with Crippen LogP contribution in [0.3, 0.4) is 0 Å². The fourth-order valence-electron chi connectivity index (χ4n) is 3.77. The van der Waals surface area contributed by atoms with Gasteiger partial charge in [0.15, 0.2) is 0 Å². The third kappa shape index (κ3) is 3.26. The Bertz CT molecular complexity index is 1440. The maximum atomic E-state index is 11.5. The Morgan fingerprint density at radius 2 is 1.74 bits per heavy atom. The average molecular weight is 412 g/mol. The number of benzene rings is 3. The van der Waals surface area contributed by atoms with Gasteiger partial charge in [-0.1, -0.05) is 36.4 Å². The Hall–Kier alpha value is -4.26. The van der Waals surface area contributed by atoms with E-state index in [0.717, 1.165) is 44.2 Å². The molecular weight excluding hydrogens is 392 g/mol. The summed E-state index contributed by atoms with van der Waals surface area (Å²) in [6, 6.07) is 21.5. The summed E-state index contributed by atoms with van der Waals surface area (Å²) < 4.78 is 10.2. The molecule has 0 spiro atoms. The molecule has 7 nitrogen and oxygen atoms in total. The van der Waals surface area contributed by atoms with Gasteiger partial charge in [-0.3, -0.25) is 5.32 Å². The number of carbonyl (C=O) groups excluding carboxylic acids is 1. The SMILES string of the molecule is COC(=O)Nc1ccc(Nc2c3ccccc3nc3c2[nH]c2ccccc23)c(OC)c1. The molecule has 7 heteroatoms. The standard InChI is InChI=1S/C24H20N4O3/c1-30-20-13-14(25-24(29)31-2)11-12-19(20)28-22-15-7-3-5-9-17(15)26-21-16-8-4-6-10-18(16)27-23(21)22/h3-13,27H,1-2H3,(H,25,29)(H,26,28). The fourth-order valence-corrected chi connectivity index (χ4v) is 3.77. The van der Waals surface area contributed by atoms with Gasteiger partial charge in [-0.2, -0.15) is 0 Å². The molecule has 5 rings (SSSR count). The molecule has 0 saturated heterocycles. The minimum absolute atomic E-state index is 0.539. The lowest BCUT2D eigenvalue weighted by molar-refractivity contribution is 0.187. The van der Waals surface area contributed by atoms with Crippen LogP contribution in [0.25, 0.3) is 32.8 Å². The summed E-state index contributed by atoms with van der Waals surface area (Å²) in [4.78, 5) is 19.9. The second-order valence-corrected chi connectivity index (χ2v) is 7.05. The van der Waals surface area contributed by atoms with E-state index in [1.807, 2.05) is 48.5 Å². The van der Waals surface area contributed by atoms with E-state index in [2.05, 4.69) is 26.4 Å². The van der Waals surface area contributed by atoms with Crippen LogP contribution in [0.4, 0.5) is 21.9 Å². The Kier molecular flexibility index (Phi) is 4.55. The predicted molar refractivity (Wildman–Crippen MR) is 123 cm³/mol. The molecule has 154 valence electrons. The smallest absolute Gasteiger partial charge is 0.411 e. The van der Waals surface area contributed by atoms with E-state index in [1.54, 1.807) is 19.2 Å². The quantitative estimate of drug-likeness (QED) is 0.347. The van der Waals surface area contributed by atoms with Crippen LogP contribution in [0.15, 0.2) is 66.7 Å². The molecule has 0 bridgehead atoms. The number of aromatic amines is 1. The molecule has 31 heavy (non-hydrogen) atoms. The Morgan fingerprint density at radius 3 is 2.55 bits per heavy atom. The molecule has 0 atom stereocenters. The predicted octanol–water partition coefficient (Wildman–Crippen LogP) is 5.80. The number of aromatic nitrogens is 2. The van der Waals surface area contributed by atoms with Crippen molar-refractivity contribution in [1.82, 2.24) is 9.97 Å². The van der Waals surface area contributed by atoms with Gasteiger partial charge in [-0.25, -0.2) is 9.78 Å². The van der Waals surface area contributed by atoms with Crippen molar-refractivity contribution < 1.29 is 14.3 Å². The maximum Gasteiger partial charge on any atom is 0.411 e. The van der Waals surface area contributed by atoms with Crippen LogP contribution in [-0.4, -0.2) is 30.3 Å². The number of amides is 1. The summed E-state index contributed by atoms with van der Waals surface area (Å²) in [5.41, 5.74) is 5.97. The van der Waals surface area contributed by atoms with Crippen LogP contribution >= 0.6 is 0 Å². The lowest BCUT2D eigenvalue weighted by Crippen LogP contribution is -2.11. The summed E-state index contributed by atoms with van der Waals surface area (Å²) in [6.45, 7) is 0. The number of nitrogens with one attached hydrogen (secondary N) is 3. The van der Waals surface area contributed by atoms with Crippen LogP contribution in [0.1, 0.15) is 0 Å². The summed E-state index contributed by atoms with van der Waals surface area (Å²) >= 11 is 0. The number of fused-ring (bicyclic) bond motifs is 4. The summed E-state index contributed by atoms with van der Waals surface area (Å²) in [6.07, 6.45) is -0.539. The topological polar surface area (TPSA) is 88.3 Å². The molecular formula is C24H20N4O3. The van der Waals surface area contributed by atoms with Crippen molar-refractivity contribution in [3.63, 3.8) is 0 Å². The third-order valence-corrected chi connectivity index (χ3v) is 5.23. The summed E-state index contributed by atoms with van der Waals surface area (Å²) in [7, 11) is 2.91. The molecule has 3 N–H and O–H groups in total. The Morgan fingerprint density at radius 1 is 0.968 bits per heavy atom. The first-order valence-electron chi connectivity index (χ1n) is 9.77. The number of hydrogen-bond acceptors (Lipinski definition) is 5. The monoisotopic (exact) mass is 412 g/mol. The van der Waals surface area contributed by atoms with E-state index < -0.39 is 6.09 Å². The number of para-hydroxylation sites is 2. The van der Waals surface area contributed by atoms with E-state index in [9.17, 15) is 4.79 Å². The lowest BCUT2D eigenvalue weighted by atomic mass is 10.1. The number of ether oxygens (including phenoxy) is 2. The number of carbonyl (C=O) groups is 1. The van der Waals surface area contributed by atoms with Crippen molar-refractivity contribution in [2.75, 3.05) is 24.9 Å². The minimum atomic E-state index is -0.539. The second kappa shape index (κ2) is 7.53. The second-order valence-electron chi connectivity index (χ2n) is 7.05. The summed E-state index contributed by atoms with van der Waals surface area (Å²) in [5.74, 6) is 0.582. The lowest BCUT2D eigenvalue weighted by Gasteiger charge is -2.15. The number of pyridine rings is 1. The van der Waals surface area contributed by atoms with Crippen molar-refractivity contribution in [3.05, 3.63) is 66.7 Å². The first-order chi connectivity index (χ1) is 15.2. The first-order valence-corrected chi connectivity index (χ1v) is 9.77. The highest BCUT2D eigenvalue weighted by Gasteiger charge is 2.16. The van der Waals surface area contributed by atoms with Gasteiger partial charge in [0.05, 0.1) is 42.1 Å². The van der Waals surface area contributed by atoms with E-state index in [-0.39, 0.29) is 0 Å². The van der Waals surface area contributed by atoms with E-state index in [0.29, 0.717) is 11.4 Å². The van der Waals surface area contributed by atoms with Crippen LogP contribution in [-0.2, 0) is 4.74 Å². The molecule has 0 unspecified atom stereocenters. The number of nitrogens with zero attached hydrogens (tertiary/aromatic N) is 1. The number of H-pyrrole nitrogens is 1. The van der Waals surface area contributed by atoms with E-state index >= 15 is 0 Å². The van der Waals surface area contributed by atoms with Crippen LogP contribution in [0.2, 0.25) is 0 Å².